The Balaban J connectivity index is 3.94. The third-order valence-corrected chi connectivity index (χ3v) is 2.47. The first-order valence-corrected chi connectivity index (χ1v) is 7.01. The Bertz CT molecular complexity index is 512. The Hall–Kier alpha value is -3.23. The Morgan fingerprint density at radius 1 is 1.04 bits per heavy atom. The lowest BCUT2D eigenvalue weighted by Crippen LogP contribution is -2.36. The molecule has 0 aliphatic carbocycles. The van der Waals surface area contributed by atoms with Gasteiger partial charge in [-0.05, 0) is 0 Å². The van der Waals surface area contributed by atoms with Gasteiger partial charge in [0.15, 0.2) is 6.10 Å². The summed E-state index contributed by atoms with van der Waals surface area (Å²) in [6, 6.07) is 0. The van der Waals surface area contributed by atoms with E-state index in [-0.39, 0.29) is 19.5 Å². The van der Waals surface area contributed by atoms with Gasteiger partial charge in [-0.1, -0.05) is 0 Å². The molecule has 26 heavy (non-hydrogen) atoms. The minimum Gasteiger partial charge on any atom is -0.468 e. The van der Waals surface area contributed by atoms with Gasteiger partial charge >= 0.3 is 5.97 Å². The summed E-state index contributed by atoms with van der Waals surface area (Å²) < 4.78 is 9.16. The van der Waals surface area contributed by atoms with Crippen LogP contribution in [0.25, 0.3) is 0 Å². The first-order valence-electron chi connectivity index (χ1n) is 7.01. The van der Waals surface area contributed by atoms with Crippen molar-refractivity contribution in [2.24, 2.45) is 0 Å². The Labute approximate surface area is 146 Å². The van der Waals surface area contributed by atoms with Crippen LogP contribution in [0.2, 0.25) is 0 Å². The number of esters is 1. The fourth-order valence-corrected chi connectivity index (χ4v) is 1.36. The molecule has 1 atom stereocenters. The number of rotatable bonds is 14. The summed E-state index contributed by atoms with van der Waals surface area (Å²) in [6.45, 7) is -2.14. The maximum Gasteiger partial charge on any atom is 0.325 e. The van der Waals surface area contributed by atoms with E-state index in [0.717, 1.165) is 0 Å². The zero-order valence-corrected chi connectivity index (χ0v) is 13.7. The molecular weight excluding hydrogens is 364 g/mol. The average molecular weight is 382 g/mol. The van der Waals surface area contributed by atoms with Crippen molar-refractivity contribution >= 4 is 17.8 Å². The number of hydrogen-bond acceptors (Lipinski definition) is 11. The molecule has 0 spiro atoms. The predicted octanol–water partition coefficient (Wildman–Crippen LogP) is -2.42. The number of nitrogens with one attached hydrogen (secondary N) is 2. The predicted molar refractivity (Wildman–Crippen MR) is 78.3 cm³/mol. The third kappa shape index (κ3) is 13.2. The van der Waals surface area contributed by atoms with Gasteiger partial charge < -0.3 is 29.8 Å². The fraction of sp³-hybridized carbons (Fsp3) is 0.727. The van der Waals surface area contributed by atoms with E-state index in [1.165, 1.54) is 7.11 Å². The average Bonchev–Trinajstić information content (AvgIpc) is 2.56. The second-order valence-electron chi connectivity index (χ2n) is 4.44. The Kier molecular flexibility index (Phi) is 11.5. The fourth-order valence-electron chi connectivity index (χ4n) is 1.36. The van der Waals surface area contributed by atoms with Crippen molar-refractivity contribution in [1.29, 1.82) is 0 Å². The van der Waals surface area contributed by atoms with Gasteiger partial charge in [0.2, 0.25) is 11.8 Å². The number of ether oxygens (including phenoxy) is 2. The molecule has 0 bridgehead atoms. The van der Waals surface area contributed by atoms with Crippen molar-refractivity contribution in [3.8, 4) is 0 Å². The molecule has 15 nitrogen and oxygen atoms in total. The van der Waals surface area contributed by atoms with Crippen LogP contribution in [0.4, 0.5) is 0 Å². The highest BCUT2D eigenvalue weighted by Crippen LogP contribution is 1.96. The van der Waals surface area contributed by atoms with Crippen molar-refractivity contribution in [3.63, 3.8) is 0 Å². The molecule has 0 aromatic heterocycles. The number of nitrogens with zero attached hydrogens (tertiary/aromatic N) is 2. The number of carbonyl (C=O) groups excluding carboxylic acids is 3. The van der Waals surface area contributed by atoms with Crippen molar-refractivity contribution in [2.75, 3.05) is 40.0 Å². The normalized spacial score (nSPS) is 11.0. The molecule has 0 saturated heterocycles. The van der Waals surface area contributed by atoms with Crippen LogP contribution in [0.5, 0.6) is 0 Å². The van der Waals surface area contributed by atoms with Gasteiger partial charge in [0, 0.05) is 13.0 Å². The third-order valence-electron chi connectivity index (χ3n) is 2.47. The zero-order chi connectivity index (χ0) is 19.9. The molecule has 15 heteroatoms. The summed E-state index contributed by atoms with van der Waals surface area (Å²) in [5.74, 6) is -1.75. The summed E-state index contributed by atoms with van der Waals surface area (Å²) in [6.07, 6.45) is -1.50. The van der Waals surface area contributed by atoms with E-state index in [2.05, 4.69) is 25.0 Å². The molecule has 0 aliphatic heterocycles. The molecule has 0 aromatic carbocycles. The smallest absolute Gasteiger partial charge is 0.325 e. The van der Waals surface area contributed by atoms with E-state index >= 15 is 0 Å². The molecule has 0 saturated carbocycles. The van der Waals surface area contributed by atoms with Gasteiger partial charge in [-0.2, -0.15) is 0 Å². The molecule has 2 N–H and O–H groups in total. The number of carbonyl (C=O) groups is 3. The molecule has 0 rings (SSSR count). The van der Waals surface area contributed by atoms with Gasteiger partial charge in [0.25, 0.3) is 10.2 Å². The number of amides is 2. The molecule has 0 heterocycles. The second-order valence-corrected chi connectivity index (χ2v) is 4.44. The standard InChI is InChI=1S/C11H18N4O11/c1-23-11(18)4-13-9(16)2-3-12-10(17)7-24-5-8(26-15(21)22)6-25-14(19)20/h8H,2-7H2,1H3,(H,12,17)(H,13,16). The number of hydrogen-bond donors (Lipinski definition) is 2. The molecular formula is C11H18N4O11. The van der Waals surface area contributed by atoms with Gasteiger partial charge in [-0.15, -0.1) is 20.2 Å². The maximum atomic E-state index is 11.5. The van der Waals surface area contributed by atoms with E-state index in [4.69, 9.17) is 4.74 Å². The molecule has 0 radical (unpaired) electrons. The highest BCUT2D eigenvalue weighted by Gasteiger charge is 2.17. The quantitative estimate of drug-likeness (QED) is 0.184. The lowest BCUT2D eigenvalue weighted by atomic mass is 10.4. The van der Waals surface area contributed by atoms with Crippen LogP contribution in [0.3, 0.4) is 0 Å². The van der Waals surface area contributed by atoms with Crippen LogP contribution in [-0.2, 0) is 33.5 Å². The molecule has 0 aliphatic rings. The number of methoxy groups -OCH3 is 1. The highest BCUT2D eigenvalue weighted by molar-refractivity contribution is 5.82. The SMILES string of the molecule is COC(=O)CNC(=O)CCNC(=O)COCC(CO[N+](=O)[O-])O[N+](=O)[O-]. The van der Waals surface area contributed by atoms with E-state index in [1.807, 2.05) is 0 Å². The summed E-state index contributed by atoms with van der Waals surface area (Å²) in [5, 5.41) is 22.5. The monoisotopic (exact) mass is 382 g/mol. The topological polar surface area (TPSA) is 198 Å². The van der Waals surface area contributed by atoms with Gasteiger partial charge in [-0.3, -0.25) is 14.4 Å². The molecule has 0 aromatic rings. The zero-order valence-electron chi connectivity index (χ0n) is 13.7. The molecule has 148 valence electrons. The van der Waals surface area contributed by atoms with Crippen LogP contribution in [-0.4, -0.2) is 74.1 Å². The largest absolute Gasteiger partial charge is 0.468 e. The summed E-state index contributed by atoms with van der Waals surface area (Å²) in [4.78, 5) is 61.9. The van der Waals surface area contributed by atoms with Crippen LogP contribution in [0, 0.1) is 20.2 Å². The van der Waals surface area contributed by atoms with Crippen molar-refractivity contribution < 1.29 is 43.7 Å². The van der Waals surface area contributed by atoms with Crippen LogP contribution < -0.4 is 10.6 Å². The first-order chi connectivity index (χ1) is 12.2. The summed E-state index contributed by atoms with van der Waals surface area (Å²) >= 11 is 0. The lowest BCUT2D eigenvalue weighted by Gasteiger charge is -2.13. The van der Waals surface area contributed by atoms with E-state index in [0.29, 0.717) is 0 Å². The summed E-state index contributed by atoms with van der Waals surface area (Å²) in [7, 11) is 1.17. The van der Waals surface area contributed by atoms with Gasteiger partial charge in [0.1, 0.15) is 19.8 Å². The molecule has 2 amide bonds. The minimum absolute atomic E-state index is 0.0472. The molecule has 1 unspecified atom stereocenters. The van der Waals surface area contributed by atoms with E-state index in [1.54, 1.807) is 0 Å². The second kappa shape index (κ2) is 13.1. The summed E-state index contributed by atoms with van der Waals surface area (Å²) in [5.41, 5.74) is 0. The van der Waals surface area contributed by atoms with Gasteiger partial charge in [-0.25, -0.2) is 0 Å². The van der Waals surface area contributed by atoms with Crippen LogP contribution >= 0.6 is 0 Å². The van der Waals surface area contributed by atoms with E-state index < -0.39 is 53.9 Å². The van der Waals surface area contributed by atoms with Gasteiger partial charge in [0.05, 0.1) is 13.7 Å². The van der Waals surface area contributed by atoms with Crippen LogP contribution in [0.1, 0.15) is 6.42 Å². The first kappa shape index (κ1) is 22.8. The minimum atomic E-state index is -1.40. The van der Waals surface area contributed by atoms with Crippen LogP contribution in [0.15, 0.2) is 0 Å². The molecule has 0 fully saturated rings. The van der Waals surface area contributed by atoms with E-state index in [9.17, 15) is 34.6 Å². The van der Waals surface area contributed by atoms with Crippen molar-refractivity contribution in [1.82, 2.24) is 10.6 Å². The van der Waals surface area contributed by atoms with Crippen molar-refractivity contribution in [2.45, 2.75) is 12.5 Å². The highest BCUT2D eigenvalue weighted by atomic mass is 17.0. The lowest BCUT2D eigenvalue weighted by molar-refractivity contribution is -0.790. The van der Waals surface area contributed by atoms with Crippen molar-refractivity contribution in [3.05, 3.63) is 20.2 Å². The Morgan fingerprint density at radius 3 is 2.31 bits per heavy atom. The Morgan fingerprint density at radius 2 is 1.73 bits per heavy atom. The maximum absolute atomic E-state index is 11.5.